The third-order valence-electron chi connectivity index (χ3n) is 6.91. The Morgan fingerprint density at radius 2 is 1.85 bits per heavy atom. The summed E-state index contributed by atoms with van der Waals surface area (Å²) in [5.41, 5.74) is 1.31. The van der Waals surface area contributed by atoms with Crippen molar-refractivity contribution in [2.45, 2.75) is 25.2 Å². The number of oxazole rings is 1. The molecule has 0 bridgehead atoms. The summed E-state index contributed by atoms with van der Waals surface area (Å²) in [4.78, 5) is 31.9. The minimum atomic E-state index is -4.65. The number of para-hydroxylation sites is 1. The number of carbonyl (C=O) groups excluding carboxylic acids is 2. The molecule has 12 heteroatoms. The van der Waals surface area contributed by atoms with Crippen molar-refractivity contribution in [3.8, 4) is 11.1 Å². The maximum Gasteiger partial charge on any atom is 0.435 e. The number of carbonyl (C=O) groups is 2. The van der Waals surface area contributed by atoms with E-state index in [1.54, 1.807) is 36.0 Å². The second kappa shape index (κ2) is 9.40. The van der Waals surface area contributed by atoms with E-state index in [0.29, 0.717) is 34.3 Å². The molecule has 1 N–H and O–H groups in total. The van der Waals surface area contributed by atoms with E-state index in [0.717, 1.165) is 10.2 Å². The van der Waals surface area contributed by atoms with E-state index in [4.69, 9.17) is 4.42 Å². The molecule has 1 atom stereocenters. The molecule has 6 rings (SSSR count). The van der Waals surface area contributed by atoms with Crippen molar-refractivity contribution >= 4 is 28.4 Å². The highest BCUT2D eigenvalue weighted by Gasteiger charge is 2.39. The fourth-order valence-electron chi connectivity index (χ4n) is 5.11. The van der Waals surface area contributed by atoms with E-state index in [1.165, 1.54) is 24.3 Å². The third kappa shape index (κ3) is 4.40. The zero-order valence-corrected chi connectivity index (χ0v) is 21.4. The van der Waals surface area contributed by atoms with E-state index < -0.39 is 23.8 Å². The van der Waals surface area contributed by atoms with Gasteiger partial charge in [-0.05, 0) is 11.6 Å². The van der Waals surface area contributed by atoms with E-state index in [1.807, 2.05) is 30.3 Å². The van der Waals surface area contributed by atoms with Crippen LogP contribution in [0, 0.1) is 0 Å². The van der Waals surface area contributed by atoms with Crippen LogP contribution in [0.5, 0.6) is 0 Å². The van der Waals surface area contributed by atoms with Crippen LogP contribution in [-0.2, 0) is 31.0 Å². The first kappa shape index (κ1) is 25.4. The summed E-state index contributed by atoms with van der Waals surface area (Å²) in [5, 5.41) is 6.87. The van der Waals surface area contributed by atoms with Gasteiger partial charge in [-0.2, -0.15) is 18.3 Å². The Labute approximate surface area is 225 Å². The molecule has 2 aromatic carbocycles. The maximum absolute atomic E-state index is 13.8. The molecule has 0 aliphatic carbocycles. The molecular weight excluding hydrogens is 525 g/mol. The number of hydrogen-bond donors (Lipinski definition) is 1. The SMILES string of the molecule is CN1C(=O)[C@@H](NC(=O)c2ncc(Cc3ccccc3)o2)Cn2cc(-c3cn(C)nc3C(F)(F)F)c3cccc1c32. The normalized spacial score (nSPS) is 15.5. The average Bonchev–Trinajstić information content (AvgIpc) is 3.63. The smallest absolute Gasteiger partial charge is 0.435 e. The van der Waals surface area contributed by atoms with Gasteiger partial charge in [0, 0.05) is 49.4 Å². The number of nitrogens with zero attached hydrogens (tertiary/aromatic N) is 5. The number of aryl methyl sites for hydroxylation is 1. The number of likely N-dealkylation sites (N-methyl/N-ethyl adjacent to an activating group) is 1. The molecule has 0 unspecified atom stereocenters. The summed E-state index contributed by atoms with van der Waals surface area (Å²) in [5.74, 6) is -0.764. The van der Waals surface area contributed by atoms with Crippen LogP contribution in [0.1, 0.15) is 27.7 Å². The maximum atomic E-state index is 13.8. The Balaban J connectivity index is 1.33. The summed E-state index contributed by atoms with van der Waals surface area (Å²) in [6.45, 7) is -0.0123. The van der Waals surface area contributed by atoms with Gasteiger partial charge in [0.05, 0.1) is 23.9 Å². The highest BCUT2D eigenvalue weighted by atomic mass is 19.4. The van der Waals surface area contributed by atoms with Crippen LogP contribution in [0.2, 0.25) is 0 Å². The summed E-state index contributed by atoms with van der Waals surface area (Å²) >= 11 is 0. The van der Waals surface area contributed by atoms with Crippen LogP contribution in [0.15, 0.2) is 71.5 Å². The van der Waals surface area contributed by atoms with Gasteiger partial charge in [-0.1, -0.05) is 42.5 Å². The first-order chi connectivity index (χ1) is 19.1. The summed E-state index contributed by atoms with van der Waals surface area (Å²) < 4.78 is 49.9. The van der Waals surface area contributed by atoms with Crippen molar-refractivity contribution in [2.24, 2.45) is 7.05 Å². The van der Waals surface area contributed by atoms with Gasteiger partial charge < -0.3 is 19.2 Å². The molecule has 0 spiro atoms. The Kier molecular flexibility index (Phi) is 5.97. The van der Waals surface area contributed by atoms with E-state index in [9.17, 15) is 22.8 Å². The van der Waals surface area contributed by atoms with Crippen molar-refractivity contribution in [1.82, 2.24) is 24.6 Å². The lowest BCUT2D eigenvalue weighted by molar-refractivity contribution is -0.141. The number of rotatable bonds is 5. The Morgan fingerprint density at radius 1 is 1.07 bits per heavy atom. The lowest BCUT2D eigenvalue weighted by Crippen LogP contribution is -2.48. The Bertz CT molecular complexity index is 1750. The van der Waals surface area contributed by atoms with Crippen LogP contribution in [-0.4, -0.2) is 44.2 Å². The highest BCUT2D eigenvalue weighted by Crippen LogP contribution is 2.42. The predicted molar refractivity (Wildman–Crippen MR) is 140 cm³/mol. The predicted octanol–water partition coefficient (Wildman–Crippen LogP) is 4.41. The monoisotopic (exact) mass is 548 g/mol. The molecule has 1 aliphatic rings. The molecule has 0 fully saturated rings. The third-order valence-corrected chi connectivity index (χ3v) is 6.91. The standard InChI is InChI=1S/C28H23F3N6O3/c1-35-13-20(24(34-35)28(29,30)31)19-14-37-15-21(27(39)36(2)22-10-6-9-18(19)23(22)37)33-25(38)26-32-12-17(40-26)11-16-7-4-3-5-8-16/h3-10,12-14,21H,11,15H2,1-2H3,(H,33,38)/t21-/m0/s1. The number of hydrogen-bond acceptors (Lipinski definition) is 5. The number of benzene rings is 2. The van der Waals surface area contributed by atoms with Crippen molar-refractivity contribution in [3.63, 3.8) is 0 Å². The van der Waals surface area contributed by atoms with Gasteiger partial charge in [0.2, 0.25) is 0 Å². The summed E-state index contributed by atoms with van der Waals surface area (Å²) in [7, 11) is 2.99. The lowest BCUT2D eigenvalue weighted by Gasteiger charge is -2.21. The molecule has 9 nitrogen and oxygen atoms in total. The Hall–Kier alpha value is -4.87. The molecular formula is C28H23F3N6O3. The molecule has 1 aliphatic heterocycles. The van der Waals surface area contributed by atoms with Gasteiger partial charge in [0.1, 0.15) is 11.8 Å². The molecule has 0 saturated carbocycles. The van der Waals surface area contributed by atoms with Gasteiger partial charge in [0.25, 0.3) is 11.8 Å². The number of alkyl halides is 3. The largest absolute Gasteiger partial charge is 0.437 e. The molecule has 0 radical (unpaired) electrons. The van der Waals surface area contributed by atoms with Gasteiger partial charge in [-0.25, -0.2) is 4.98 Å². The second-order valence-corrected chi connectivity index (χ2v) is 9.65. The Morgan fingerprint density at radius 3 is 2.60 bits per heavy atom. The quantitative estimate of drug-likeness (QED) is 0.351. The number of nitrogens with one attached hydrogen (secondary N) is 1. The molecule has 2 amide bonds. The number of anilines is 1. The highest BCUT2D eigenvalue weighted by molar-refractivity contribution is 6.10. The van der Waals surface area contributed by atoms with Crippen molar-refractivity contribution in [3.05, 3.63) is 90.0 Å². The summed E-state index contributed by atoms with van der Waals surface area (Å²) in [6, 6.07) is 13.6. The molecule has 40 heavy (non-hydrogen) atoms. The zero-order valence-electron chi connectivity index (χ0n) is 21.4. The molecule has 5 aromatic rings. The summed E-state index contributed by atoms with van der Waals surface area (Å²) in [6.07, 6.45) is 0.143. The second-order valence-electron chi connectivity index (χ2n) is 9.65. The fourth-order valence-corrected chi connectivity index (χ4v) is 5.11. The van der Waals surface area contributed by atoms with E-state index in [2.05, 4.69) is 15.4 Å². The van der Waals surface area contributed by atoms with E-state index in [-0.39, 0.29) is 23.9 Å². The van der Waals surface area contributed by atoms with Gasteiger partial charge in [-0.15, -0.1) is 0 Å². The number of amides is 2. The van der Waals surface area contributed by atoms with Crippen LogP contribution in [0.4, 0.5) is 18.9 Å². The van der Waals surface area contributed by atoms with Gasteiger partial charge >= 0.3 is 12.1 Å². The van der Waals surface area contributed by atoms with Crippen LogP contribution < -0.4 is 10.2 Å². The molecule has 204 valence electrons. The van der Waals surface area contributed by atoms with Gasteiger partial charge in [0.15, 0.2) is 5.69 Å². The molecule has 0 saturated heterocycles. The van der Waals surface area contributed by atoms with Crippen molar-refractivity contribution in [1.29, 1.82) is 0 Å². The minimum absolute atomic E-state index is 0.0123. The number of aromatic nitrogens is 4. The van der Waals surface area contributed by atoms with Gasteiger partial charge in [-0.3, -0.25) is 14.3 Å². The first-order valence-electron chi connectivity index (χ1n) is 12.4. The van der Waals surface area contributed by atoms with Crippen molar-refractivity contribution < 1.29 is 27.2 Å². The average molecular weight is 549 g/mol. The number of halogens is 3. The topological polar surface area (TPSA) is 98.2 Å². The van der Waals surface area contributed by atoms with Crippen LogP contribution >= 0.6 is 0 Å². The molecule has 4 heterocycles. The minimum Gasteiger partial charge on any atom is -0.437 e. The lowest BCUT2D eigenvalue weighted by atomic mass is 10.0. The molecule has 3 aromatic heterocycles. The van der Waals surface area contributed by atoms with Crippen LogP contribution in [0.25, 0.3) is 22.0 Å². The fraction of sp³-hybridized carbons (Fsp3) is 0.214. The zero-order chi connectivity index (χ0) is 28.2. The van der Waals surface area contributed by atoms with Crippen molar-refractivity contribution in [2.75, 3.05) is 11.9 Å². The van der Waals surface area contributed by atoms with E-state index >= 15 is 0 Å². The first-order valence-corrected chi connectivity index (χ1v) is 12.4. The van der Waals surface area contributed by atoms with Crippen LogP contribution in [0.3, 0.4) is 0 Å².